The molecule has 0 radical (unpaired) electrons. The third-order valence-corrected chi connectivity index (χ3v) is 4.60. The lowest BCUT2D eigenvalue weighted by Crippen LogP contribution is -2.06. The summed E-state index contributed by atoms with van der Waals surface area (Å²) >= 11 is 0. The number of nitrogens with zero attached hydrogens (tertiary/aromatic N) is 2. The molecular weight excluding hydrogens is 348 g/mol. The first-order valence-corrected chi connectivity index (χ1v) is 9.24. The van der Waals surface area contributed by atoms with Gasteiger partial charge in [-0.15, -0.1) is 0 Å². The van der Waals surface area contributed by atoms with Crippen molar-refractivity contribution >= 4 is 5.97 Å². The van der Waals surface area contributed by atoms with Gasteiger partial charge in [0.1, 0.15) is 6.07 Å². The maximum Gasteiger partial charge on any atom is 0.336 e. The van der Waals surface area contributed by atoms with Crippen LogP contribution in [0.15, 0.2) is 54.6 Å². The van der Waals surface area contributed by atoms with Crippen LogP contribution in [-0.4, -0.2) is 16.1 Å². The third kappa shape index (κ3) is 3.94. The Morgan fingerprint density at radius 2 is 1.79 bits per heavy atom. The van der Waals surface area contributed by atoms with Crippen molar-refractivity contribution in [2.24, 2.45) is 5.92 Å². The first-order chi connectivity index (χ1) is 13.4. The summed E-state index contributed by atoms with van der Waals surface area (Å²) in [6.45, 7) is 6.17. The minimum atomic E-state index is -0.996. The van der Waals surface area contributed by atoms with Crippen LogP contribution in [0, 0.1) is 24.2 Å². The van der Waals surface area contributed by atoms with Crippen LogP contribution in [-0.2, 0) is 6.42 Å². The van der Waals surface area contributed by atoms with E-state index in [1.807, 2.05) is 37.3 Å². The number of hydrogen-bond acceptors (Lipinski definition) is 3. The van der Waals surface area contributed by atoms with Gasteiger partial charge in [-0.25, -0.2) is 4.79 Å². The van der Waals surface area contributed by atoms with Crippen LogP contribution in [0.4, 0.5) is 0 Å². The summed E-state index contributed by atoms with van der Waals surface area (Å²) < 4.78 is 0. The molecule has 0 aliphatic carbocycles. The van der Waals surface area contributed by atoms with Gasteiger partial charge in [-0.05, 0) is 37.0 Å². The van der Waals surface area contributed by atoms with E-state index in [4.69, 9.17) is 4.98 Å². The lowest BCUT2D eigenvalue weighted by Gasteiger charge is -2.15. The maximum atomic E-state index is 11.7. The highest BCUT2D eigenvalue weighted by atomic mass is 16.4. The Bertz CT molecular complexity index is 1060. The van der Waals surface area contributed by atoms with Crippen LogP contribution in [0.25, 0.3) is 22.4 Å². The van der Waals surface area contributed by atoms with Gasteiger partial charge < -0.3 is 5.11 Å². The number of benzene rings is 2. The predicted molar refractivity (Wildman–Crippen MR) is 110 cm³/mol. The molecule has 4 heteroatoms. The molecule has 0 amide bonds. The van der Waals surface area contributed by atoms with Crippen molar-refractivity contribution in [3.05, 3.63) is 77.0 Å². The lowest BCUT2D eigenvalue weighted by molar-refractivity contribution is 0.0697. The minimum absolute atomic E-state index is 0.199. The molecular formula is C24H22N2O2. The molecule has 0 aliphatic rings. The molecule has 28 heavy (non-hydrogen) atoms. The van der Waals surface area contributed by atoms with Gasteiger partial charge in [0, 0.05) is 11.1 Å². The zero-order valence-electron chi connectivity index (χ0n) is 16.2. The smallest absolute Gasteiger partial charge is 0.336 e. The molecule has 140 valence electrons. The average molecular weight is 370 g/mol. The molecule has 0 bridgehead atoms. The van der Waals surface area contributed by atoms with Crippen LogP contribution < -0.4 is 0 Å². The van der Waals surface area contributed by atoms with Gasteiger partial charge in [-0.2, -0.15) is 5.26 Å². The number of nitriles is 1. The van der Waals surface area contributed by atoms with Gasteiger partial charge in [-0.3, -0.25) is 4.98 Å². The summed E-state index contributed by atoms with van der Waals surface area (Å²) in [5, 5.41) is 19.4. The van der Waals surface area contributed by atoms with Crippen LogP contribution >= 0.6 is 0 Å². The van der Waals surface area contributed by atoms with Crippen LogP contribution in [0.2, 0.25) is 0 Å². The van der Waals surface area contributed by atoms with Gasteiger partial charge in [0.05, 0.1) is 22.5 Å². The van der Waals surface area contributed by atoms with Crippen molar-refractivity contribution < 1.29 is 9.90 Å². The number of aromatic carboxylic acids is 1. The predicted octanol–water partition coefficient (Wildman–Crippen LogP) is 5.49. The third-order valence-electron chi connectivity index (χ3n) is 4.60. The van der Waals surface area contributed by atoms with Gasteiger partial charge >= 0.3 is 5.97 Å². The van der Waals surface area contributed by atoms with Gasteiger partial charge in [-0.1, -0.05) is 61.9 Å². The Morgan fingerprint density at radius 1 is 1.11 bits per heavy atom. The molecule has 1 aromatic heterocycles. The molecule has 4 nitrogen and oxygen atoms in total. The molecule has 0 saturated heterocycles. The molecule has 0 unspecified atom stereocenters. The first kappa shape index (κ1) is 19.3. The Kier molecular flexibility index (Phi) is 5.56. The van der Waals surface area contributed by atoms with Crippen molar-refractivity contribution in [3.8, 4) is 28.5 Å². The van der Waals surface area contributed by atoms with Crippen molar-refractivity contribution in [3.63, 3.8) is 0 Å². The number of carboxylic acid groups (broad SMARTS) is 1. The molecule has 2 aromatic carbocycles. The minimum Gasteiger partial charge on any atom is -0.478 e. The van der Waals surface area contributed by atoms with Crippen molar-refractivity contribution in [2.75, 3.05) is 0 Å². The van der Waals surface area contributed by atoms with Gasteiger partial charge in [0.2, 0.25) is 0 Å². The zero-order valence-corrected chi connectivity index (χ0v) is 16.2. The van der Waals surface area contributed by atoms with E-state index in [0.717, 1.165) is 16.7 Å². The topological polar surface area (TPSA) is 74.0 Å². The average Bonchev–Trinajstić information content (AvgIpc) is 2.67. The van der Waals surface area contributed by atoms with E-state index in [-0.39, 0.29) is 5.56 Å². The maximum absolute atomic E-state index is 11.7. The number of hydrogen-bond donors (Lipinski definition) is 1. The Balaban J connectivity index is 2.31. The van der Waals surface area contributed by atoms with Crippen LogP contribution in [0.1, 0.15) is 41.0 Å². The highest BCUT2D eigenvalue weighted by molar-refractivity contribution is 5.96. The molecule has 3 aromatic rings. The Hall–Kier alpha value is -3.45. The van der Waals surface area contributed by atoms with E-state index in [9.17, 15) is 15.2 Å². The molecule has 0 atom stereocenters. The first-order valence-electron chi connectivity index (χ1n) is 9.24. The molecule has 1 heterocycles. The highest BCUT2D eigenvalue weighted by Crippen LogP contribution is 2.32. The molecule has 3 rings (SSSR count). The summed E-state index contributed by atoms with van der Waals surface area (Å²) in [5.74, 6) is -0.681. The highest BCUT2D eigenvalue weighted by Gasteiger charge is 2.19. The fraction of sp³-hybridized carbons (Fsp3) is 0.208. The summed E-state index contributed by atoms with van der Waals surface area (Å²) in [5.41, 5.74) is 5.41. The fourth-order valence-corrected chi connectivity index (χ4v) is 3.25. The summed E-state index contributed by atoms with van der Waals surface area (Å²) in [7, 11) is 0. The van der Waals surface area contributed by atoms with Crippen molar-refractivity contribution in [1.29, 1.82) is 5.26 Å². The van der Waals surface area contributed by atoms with Gasteiger partial charge in [0.25, 0.3) is 0 Å². The molecule has 0 spiro atoms. The van der Waals surface area contributed by atoms with E-state index in [1.165, 1.54) is 0 Å². The number of aryl methyl sites for hydroxylation is 1. The summed E-state index contributed by atoms with van der Waals surface area (Å²) in [6, 6.07) is 19.0. The normalized spacial score (nSPS) is 10.7. The standard InChI is InChI=1S/C24H22N2O2/c1-15(2)12-22-21(14-25)20(17-10-8-16(3)9-11-17)13-23(26-22)18-6-4-5-7-19(18)24(27)28/h4-11,13,15H,12H2,1-3H3,(H,27,28). The number of carbonyl (C=O) groups is 1. The summed E-state index contributed by atoms with van der Waals surface area (Å²) in [4.78, 5) is 16.4. The second-order valence-electron chi connectivity index (χ2n) is 7.30. The largest absolute Gasteiger partial charge is 0.478 e. The van der Waals surface area contributed by atoms with Gasteiger partial charge in [0.15, 0.2) is 0 Å². The molecule has 0 fully saturated rings. The number of carboxylic acids is 1. The Labute approximate surface area is 165 Å². The second kappa shape index (κ2) is 8.06. The van der Waals surface area contributed by atoms with Crippen molar-refractivity contribution in [2.45, 2.75) is 27.2 Å². The number of rotatable bonds is 5. The SMILES string of the molecule is Cc1ccc(-c2cc(-c3ccccc3C(=O)O)nc(CC(C)C)c2C#N)cc1. The second-order valence-corrected chi connectivity index (χ2v) is 7.30. The zero-order chi connectivity index (χ0) is 20.3. The van der Waals surface area contributed by atoms with E-state index in [2.05, 4.69) is 19.9 Å². The Morgan fingerprint density at radius 3 is 2.39 bits per heavy atom. The quantitative estimate of drug-likeness (QED) is 0.644. The number of aromatic nitrogens is 1. The monoisotopic (exact) mass is 370 g/mol. The van der Waals surface area contributed by atoms with Crippen LogP contribution in [0.3, 0.4) is 0 Å². The molecule has 0 aliphatic heterocycles. The molecule has 0 saturated carbocycles. The van der Waals surface area contributed by atoms with Crippen molar-refractivity contribution in [1.82, 2.24) is 4.98 Å². The van der Waals surface area contributed by atoms with E-state index in [0.29, 0.717) is 34.9 Å². The number of pyridine rings is 1. The lowest BCUT2D eigenvalue weighted by atomic mass is 9.92. The summed E-state index contributed by atoms with van der Waals surface area (Å²) in [6.07, 6.45) is 0.644. The fourth-order valence-electron chi connectivity index (χ4n) is 3.25. The van der Waals surface area contributed by atoms with E-state index in [1.54, 1.807) is 24.3 Å². The van der Waals surface area contributed by atoms with E-state index < -0.39 is 5.97 Å². The van der Waals surface area contributed by atoms with Crippen LogP contribution in [0.5, 0.6) is 0 Å². The molecule has 1 N–H and O–H groups in total. The van der Waals surface area contributed by atoms with E-state index >= 15 is 0 Å².